The molecular weight excluding hydrogens is 1280 g/mol. The van der Waals surface area contributed by atoms with E-state index in [1.807, 2.05) is 109 Å². The molecule has 13 nitrogen and oxygen atoms in total. The molecule has 0 heterocycles. The Labute approximate surface area is 594 Å². The largest absolute Gasteiger partial charge is 0.481 e. The van der Waals surface area contributed by atoms with Crippen molar-refractivity contribution in [2.45, 2.75) is 166 Å². The van der Waals surface area contributed by atoms with Gasteiger partial charge in [0.25, 0.3) is 11.8 Å². The molecule has 0 saturated heterocycles. The number of benzene rings is 8. The Balaban J connectivity index is 0.000000194. The van der Waals surface area contributed by atoms with Crippen molar-refractivity contribution >= 4 is 47.9 Å². The maximum absolute atomic E-state index is 14.1. The molecule has 4 bridgehead atoms. The van der Waals surface area contributed by atoms with E-state index in [-0.39, 0.29) is 82.0 Å². The average molecular weight is 1370 g/mol. The van der Waals surface area contributed by atoms with Crippen LogP contribution >= 0.6 is 12.4 Å². The monoisotopic (exact) mass is 1370 g/mol. The number of carboxylic acids is 1. The van der Waals surface area contributed by atoms with Crippen LogP contribution in [-0.2, 0) is 43.1 Å². The van der Waals surface area contributed by atoms with Crippen molar-refractivity contribution in [3.8, 4) is 22.3 Å². The number of carboxylic acid groups (broad SMARTS) is 1. The molecule has 0 aliphatic heterocycles. The SMILES string of the molecule is CC(C)(C)c1ccc(-c2ccccc2C(=O)NC23CCC(C(=O)O)(CC2)CC3)cc1.CN(Cc1ccc(F)cc1)C(=O)[C@@H](N)c1ccccc1.CN(Cc1ccc(F)cc1)C(=O)[C@@H](NC(=O)C12CCC(NC(=O)c3ccccc3-c3ccc(C(C)(C)C)cc3)(CC1)CC2)c1ccccc1.Cl. The van der Waals surface area contributed by atoms with Crippen LogP contribution in [-0.4, -0.2) is 75.6 Å². The van der Waals surface area contributed by atoms with Gasteiger partial charge in [-0.1, -0.05) is 211 Å². The van der Waals surface area contributed by atoms with Crippen LogP contribution in [0, 0.1) is 22.5 Å². The first-order valence-electron chi connectivity index (χ1n) is 34.5. The molecule has 16 heteroatoms. The first kappa shape index (κ1) is 74.9. The minimum Gasteiger partial charge on any atom is -0.481 e. The van der Waals surface area contributed by atoms with Gasteiger partial charge in [-0.15, -0.1) is 12.4 Å². The number of halogens is 3. The van der Waals surface area contributed by atoms with Gasteiger partial charge in [0.1, 0.15) is 23.7 Å². The zero-order valence-electron chi connectivity index (χ0n) is 58.7. The van der Waals surface area contributed by atoms with Crippen LogP contribution < -0.4 is 21.7 Å². The second kappa shape index (κ2) is 31.5. The molecular formula is C84H95ClF2N6O7. The third-order valence-corrected chi connectivity index (χ3v) is 21.2. The van der Waals surface area contributed by atoms with E-state index in [9.17, 15) is 42.7 Å². The molecule has 6 N–H and O–H groups in total. The van der Waals surface area contributed by atoms with E-state index in [0.29, 0.717) is 81.0 Å². The number of amides is 5. The van der Waals surface area contributed by atoms with Gasteiger partial charge >= 0.3 is 5.97 Å². The van der Waals surface area contributed by atoms with E-state index in [4.69, 9.17) is 5.73 Å². The second-order valence-electron chi connectivity index (χ2n) is 29.9. The topological polar surface area (TPSA) is 191 Å². The number of carbonyl (C=O) groups excluding carboxylic acids is 5. The van der Waals surface area contributed by atoms with Gasteiger partial charge in [-0.05, 0) is 180 Å². The highest BCUT2D eigenvalue weighted by Crippen LogP contribution is 2.54. The second-order valence-corrected chi connectivity index (χ2v) is 29.9. The summed E-state index contributed by atoms with van der Waals surface area (Å²) in [7, 11) is 3.39. The number of hydrogen-bond donors (Lipinski definition) is 5. The number of likely N-dealkylation sites (N-methyl/N-ethyl adjacent to an activating group) is 2. The number of nitrogens with one attached hydrogen (secondary N) is 3. The van der Waals surface area contributed by atoms with Crippen molar-refractivity contribution in [2.24, 2.45) is 16.6 Å². The lowest BCUT2D eigenvalue weighted by atomic mass is 9.56. The molecule has 8 aromatic rings. The summed E-state index contributed by atoms with van der Waals surface area (Å²) in [6.45, 7) is 13.8. The van der Waals surface area contributed by atoms with Crippen LogP contribution in [0.2, 0.25) is 0 Å². The quantitative estimate of drug-likeness (QED) is 0.0595. The summed E-state index contributed by atoms with van der Waals surface area (Å²) in [5.74, 6) is -1.96. The molecule has 2 atom stereocenters. The van der Waals surface area contributed by atoms with E-state index in [2.05, 4.69) is 106 Å². The van der Waals surface area contributed by atoms with Gasteiger partial charge in [-0.2, -0.15) is 0 Å². The summed E-state index contributed by atoms with van der Waals surface area (Å²) in [6, 6.07) is 61.5. The van der Waals surface area contributed by atoms with E-state index >= 15 is 0 Å². The van der Waals surface area contributed by atoms with Gasteiger partial charge in [-0.25, -0.2) is 8.78 Å². The molecule has 6 saturated carbocycles. The Kier molecular flexibility index (Phi) is 23.6. The molecule has 14 rings (SSSR count). The Morgan fingerprint density at radius 3 is 1.16 bits per heavy atom. The third-order valence-electron chi connectivity index (χ3n) is 21.2. The highest BCUT2D eigenvalue weighted by molar-refractivity contribution is 6.02. The van der Waals surface area contributed by atoms with Crippen LogP contribution in [0.1, 0.15) is 185 Å². The number of aliphatic carboxylic acids is 1. The molecule has 6 aliphatic rings. The van der Waals surface area contributed by atoms with Crippen LogP contribution in [0.3, 0.4) is 0 Å². The zero-order chi connectivity index (χ0) is 70.9. The Hall–Kier alpha value is -9.31. The highest BCUT2D eigenvalue weighted by Gasteiger charge is 2.55. The minimum atomic E-state index is -0.851. The molecule has 0 spiro atoms. The predicted molar refractivity (Wildman–Crippen MR) is 393 cm³/mol. The maximum Gasteiger partial charge on any atom is 0.309 e. The molecule has 6 fully saturated rings. The van der Waals surface area contributed by atoms with Gasteiger partial charge in [0.05, 0.1) is 5.41 Å². The Morgan fingerprint density at radius 2 is 0.790 bits per heavy atom. The van der Waals surface area contributed by atoms with Crippen molar-refractivity contribution in [3.05, 3.63) is 262 Å². The van der Waals surface area contributed by atoms with Gasteiger partial charge in [0, 0.05) is 54.8 Å². The normalized spacial score (nSPS) is 20.2. The fraction of sp³-hybridized carbons (Fsp3) is 0.357. The summed E-state index contributed by atoms with van der Waals surface area (Å²) >= 11 is 0. The molecule has 100 heavy (non-hydrogen) atoms. The average Bonchev–Trinajstić information content (AvgIpc) is 0.754. The lowest BCUT2D eigenvalue weighted by Crippen LogP contribution is -2.60. The van der Waals surface area contributed by atoms with Crippen molar-refractivity contribution in [1.82, 2.24) is 25.8 Å². The van der Waals surface area contributed by atoms with Crippen molar-refractivity contribution in [3.63, 3.8) is 0 Å². The van der Waals surface area contributed by atoms with Crippen LogP contribution in [0.5, 0.6) is 0 Å². The molecule has 524 valence electrons. The number of carbonyl (C=O) groups is 6. The summed E-state index contributed by atoms with van der Waals surface area (Å²) in [5.41, 5.74) is 15.1. The standard InChI is InChI=1S/C42H46FN3O3.C26H31NO3.C16H17FN2O.ClH/c1-40(2,3)32-18-16-30(17-19-32)34-12-8-9-13-35(34)37(47)45-42-25-22-41(23-26-42,24-27-42)39(49)44-36(31-10-6-5-7-11-31)38(48)46(4)28-29-14-20-33(43)21-15-29;1-24(2,3)19-10-8-18(9-11-19)20-6-4-5-7-21(20)22(28)27-26-15-12-25(13-16-26,14-17-26)23(29)30;1-19(11-12-7-9-14(17)10-8-12)16(20)15(18)13-5-3-2-4-6-13;/h5-21,36H,22-28H2,1-4H3,(H,44,49)(H,45,47);4-11H,12-17H2,1-3H3,(H,27,28)(H,29,30);2-10,15H,11,18H2,1H3;1H/t36-,41?,42?;;15-;/m0.0./s1. The Bertz CT molecular complexity index is 4110. The summed E-state index contributed by atoms with van der Waals surface area (Å²) in [5, 5.41) is 19.5. The van der Waals surface area contributed by atoms with Gasteiger partial charge < -0.3 is 36.6 Å². The van der Waals surface area contributed by atoms with E-state index < -0.39 is 28.9 Å². The zero-order valence-corrected chi connectivity index (χ0v) is 59.5. The lowest BCUT2D eigenvalue weighted by Gasteiger charge is -2.52. The van der Waals surface area contributed by atoms with E-state index in [0.717, 1.165) is 58.2 Å². The number of hydrogen-bond acceptors (Lipinski definition) is 7. The van der Waals surface area contributed by atoms with Crippen LogP contribution in [0.25, 0.3) is 22.3 Å². The van der Waals surface area contributed by atoms with Crippen LogP contribution in [0.4, 0.5) is 8.78 Å². The third kappa shape index (κ3) is 17.6. The van der Waals surface area contributed by atoms with E-state index in [1.165, 1.54) is 35.4 Å². The minimum absolute atomic E-state index is 0. The van der Waals surface area contributed by atoms with Crippen LogP contribution in [0.15, 0.2) is 206 Å². The Morgan fingerprint density at radius 1 is 0.450 bits per heavy atom. The van der Waals surface area contributed by atoms with Crippen molar-refractivity contribution < 1.29 is 42.7 Å². The first-order valence-corrected chi connectivity index (χ1v) is 34.5. The fourth-order valence-electron chi connectivity index (χ4n) is 14.6. The van der Waals surface area contributed by atoms with E-state index in [1.54, 1.807) is 48.2 Å². The first-order chi connectivity index (χ1) is 47.1. The summed E-state index contributed by atoms with van der Waals surface area (Å²) in [6.07, 6.45) is 8.18. The van der Waals surface area contributed by atoms with Crippen molar-refractivity contribution in [1.29, 1.82) is 0 Å². The molecule has 0 aromatic heterocycles. The highest BCUT2D eigenvalue weighted by atomic mass is 35.5. The smallest absolute Gasteiger partial charge is 0.309 e. The molecule has 5 amide bonds. The molecule has 8 aromatic carbocycles. The molecule has 0 radical (unpaired) electrons. The molecule has 6 aliphatic carbocycles. The van der Waals surface area contributed by atoms with Gasteiger partial charge in [0.2, 0.25) is 17.7 Å². The fourth-order valence-corrected chi connectivity index (χ4v) is 14.6. The predicted octanol–water partition coefficient (Wildman–Crippen LogP) is 16.6. The van der Waals surface area contributed by atoms with Gasteiger partial charge in [-0.3, -0.25) is 28.8 Å². The lowest BCUT2D eigenvalue weighted by molar-refractivity contribution is -0.156. The maximum atomic E-state index is 14.1. The summed E-state index contributed by atoms with van der Waals surface area (Å²) in [4.78, 5) is 82.1. The van der Waals surface area contributed by atoms with Crippen molar-refractivity contribution in [2.75, 3.05) is 14.1 Å². The number of nitrogens with zero attached hydrogens (tertiary/aromatic N) is 2. The number of fused-ring (bicyclic) bond motifs is 6. The van der Waals surface area contributed by atoms with Gasteiger partial charge in [0.15, 0.2) is 0 Å². The summed E-state index contributed by atoms with van der Waals surface area (Å²) < 4.78 is 26.3. The molecule has 0 unspecified atom stereocenters. The number of nitrogens with two attached hydrogens (primary N) is 1. The number of rotatable bonds is 17.